The minimum absolute atomic E-state index is 0.147. The smallest absolute Gasteiger partial charge is 0.411 e. The third-order valence-electron chi connectivity index (χ3n) is 2.16. The average molecular weight is 313 g/mol. The van der Waals surface area contributed by atoms with E-state index in [1.165, 1.54) is 0 Å². The molecule has 0 fully saturated rings. The molecule has 1 N–H and O–H groups in total. The van der Waals surface area contributed by atoms with Crippen molar-refractivity contribution in [1.29, 1.82) is 0 Å². The van der Waals surface area contributed by atoms with Gasteiger partial charge in [-0.15, -0.1) is 10.2 Å². The third kappa shape index (κ3) is 5.78. The Morgan fingerprint density at radius 1 is 1.45 bits per heavy atom. The fourth-order valence-electron chi connectivity index (χ4n) is 1.38. The standard InChI is InChI=1S/C10H14F3N3O3S/c1-2-7-14-15-9(20-5-8(17)18)16(7)3-4-19-6-10(11,12)13/h2-6H2,1H3,(H,17,18). The second kappa shape index (κ2) is 7.48. The van der Waals surface area contributed by atoms with Crippen LogP contribution in [0.5, 0.6) is 0 Å². The number of hydrogen-bond acceptors (Lipinski definition) is 5. The van der Waals surface area contributed by atoms with Crippen molar-refractivity contribution in [1.82, 2.24) is 14.8 Å². The molecule has 0 aliphatic heterocycles. The SMILES string of the molecule is CCc1nnc(SCC(=O)O)n1CCOCC(F)(F)F. The predicted molar refractivity (Wildman–Crippen MR) is 64.6 cm³/mol. The zero-order chi connectivity index (χ0) is 15.2. The van der Waals surface area contributed by atoms with Crippen LogP contribution in [0.2, 0.25) is 0 Å². The molecule has 0 aliphatic rings. The lowest BCUT2D eigenvalue weighted by Gasteiger charge is -2.10. The molecule has 1 aromatic rings. The van der Waals surface area contributed by atoms with Crippen LogP contribution in [0.1, 0.15) is 12.7 Å². The summed E-state index contributed by atoms with van der Waals surface area (Å²) in [5.41, 5.74) is 0. The molecule has 20 heavy (non-hydrogen) atoms. The zero-order valence-corrected chi connectivity index (χ0v) is 11.5. The summed E-state index contributed by atoms with van der Waals surface area (Å²) in [6.45, 7) is 0.510. The summed E-state index contributed by atoms with van der Waals surface area (Å²) in [5.74, 6) is -0.616. The van der Waals surface area contributed by atoms with Gasteiger partial charge in [0.2, 0.25) is 0 Å². The number of alkyl halides is 3. The van der Waals surface area contributed by atoms with E-state index in [4.69, 9.17) is 5.11 Å². The van der Waals surface area contributed by atoms with Crippen LogP contribution in [-0.2, 0) is 22.5 Å². The lowest BCUT2D eigenvalue weighted by atomic mass is 10.4. The zero-order valence-electron chi connectivity index (χ0n) is 10.7. The highest BCUT2D eigenvalue weighted by atomic mass is 32.2. The maximum atomic E-state index is 11.9. The van der Waals surface area contributed by atoms with Gasteiger partial charge in [0.1, 0.15) is 12.4 Å². The topological polar surface area (TPSA) is 77.2 Å². The van der Waals surface area contributed by atoms with E-state index in [-0.39, 0.29) is 18.9 Å². The van der Waals surface area contributed by atoms with Crippen molar-refractivity contribution in [2.75, 3.05) is 19.0 Å². The van der Waals surface area contributed by atoms with E-state index in [0.717, 1.165) is 11.8 Å². The number of rotatable bonds is 8. The predicted octanol–water partition coefficient (Wildman–Crippen LogP) is 1.60. The van der Waals surface area contributed by atoms with Crippen molar-refractivity contribution in [2.24, 2.45) is 0 Å². The highest BCUT2D eigenvalue weighted by Gasteiger charge is 2.27. The number of ether oxygens (including phenoxy) is 1. The van der Waals surface area contributed by atoms with Crippen LogP contribution in [0, 0.1) is 0 Å². The van der Waals surface area contributed by atoms with Gasteiger partial charge >= 0.3 is 12.1 Å². The Morgan fingerprint density at radius 2 is 2.15 bits per heavy atom. The number of halogens is 3. The maximum absolute atomic E-state index is 11.9. The van der Waals surface area contributed by atoms with Crippen LogP contribution in [0.4, 0.5) is 13.2 Å². The molecule has 0 aromatic carbocycles. The number of aromatic nitrogens is 3. The Balaban J connectivity index is 2.57. The first-order chi connectivity index (χ1) is 9.33. The number of carboxylic acid groups (broad SMARTS) is 1. The van der Waals surface area contributed by atoms with Crippen LogP contribution >= 0.6 is 11.8 Å². The van der Waals surface area contributed by atoms with Gasteiger partial charge in [0.15, 0.2) is 5.16 Å². The minimum Gasteiger partial charge on any atom is -0.481 e. The lowest BCUT2D eigenvalue weighted by Crippen LogP contribution is -2.19. The molecule has 0 saturated heterocycles. The molecule has 0 aliphatic carbocycles. The molecule has 1 aromatic heterocycles. The first-order valence-corrected chi connectivity index (χ1v) is 6.73. The van der Waals surface area contributed by atoms with Gasteiger partial charge < -0.3 is 14.4 Å². The summed E-state index contributed by atoms with van der Waals surface area (Å²) >= 11 is 0.967. The van der Waals surface area contributed by atoms with E-state index < -0.39 is 18.8 Å². The Hall–Kier alpha value is -1.29. The number of thioether (sulfide) groups is 1. The van der Waals surface area contributed by atoms with Crippen LogP contribution < -0.4 is 0 Å². The van der Waals surface area contributed by atoms with Crippen LogP contribution in [-0.4, -0.2) is 51.0 Å². The average Bonchev–Trinajstić information content (AvgIpc) is 2.73. The second-order valence-corrected chi connectivity index (χ2v) is 4.70. The molecule has 6 nitrogen and oxygen atoms in total. The second-order valence-electron chi connectivity index (χ2n) is 3.75. The van der Waals surface area contributed by atoms with Crippen LogP contribution in [0.3, 0.4) is 0 Å². The minimum atomic E-state index is -4.36. The Morgan fingerprint density at radius 3 is 2.70 bits per heavy atom. The van der Waals surface area contributed by atoms with Crippen molar-refractivity contribution < 1.29 is 27.8 Å². The highest BCUT2D eigenvalue weighted by molar-refractivity contribution is 7.99. The van der Waals surface area contributed by atoms with Crippen molar-refractivity contribution in [3.05, 3.63) is 5.82 Å². The van der Waals surface area contributed by atoms with E-state index in [2.05, 4.69) is 14.9 Å². The van der Waals surface area contributed by atoms with E-state index in [0.29, 0.717) is 17.4 Å². The molecular formula is C10H14F3N3O3S. The summed E-state index contributed by atoms with van der Waals surface area (Å²) in [4.78, 5) is 10.5. The van der Waals surface area contributed by atoms with Gasteiger partial charge in [0, 0.05) is 13.0 Å². The molecule has 10 heteroatoms. The van der Waals surface area contributed by atoms with Crippen LogP contribution in [0.15, 0.2) is 5.16 Å². The van der Waals surface area contributed by atoms with Gasteiger partial charge in [-0.3, -0.25) is 4.79 Å². The molecular weight excluding hydrogens is 299 g/mol. The van der Waals surface area contributed by atoms with Crippen molar-refractivity contribution in [2.45, 2.75) is 31.2 Å². The molecule has 0 bridgehead atoms. The Labute approximate surface area is 117 Å². The quantitative estimate of drug-likeness (QED) is 0.580. The highest BCUT2D eigenvalue weighted by Crippen LogP contribution is 2.18. The summed E-state index contributed by atoms with van der Waals surface area (Å²) in [7, 11) is 0. The van der Waals surface area contributed by atoms with Crippen molar-refractivity contribution in [3.63, 3.8) is 0 Å². The number of carboxylic acids is 1. The number of nitrogens with zero attached hydrogens (tertiary/aromatic N) is 3. The number of carbonyl (C=O) groups is 1. The molecule has 1 heterocycles. The summed E-state index contributed by atoms with van der Waals surface area (Å²) < 4.78 is 41.9. The molecule has 0 saturated carbocycles. The van der Waals surface area contributed by atoms with Gasteiger partial charge in [0.05, 0.1) is 12.4 Å². The van der Waals surface area contributed by atoms with Crippen molar-refractivity contribution in [3.8, 4) is 0 Å². The summed E-state index contributed by atoms with van der Waals surface area (Å²) in [6, 6.07) is 0. The third-order valence-corrected chi connectivity index (χ3v) is 3.11. The number of aryl methyl sites for hydroxylation is 1. The fraction of sp³-hybridized carbons (Fsp3) is 0.700. The van der Waals surface area contributed by atoms with Gasteiger partial charge in [0.25, 0.3) is 0 Å². The van der Waals surface area contributed by atoms with E-state index >= 15 is 0 Å². The molecule has 0 spiro atoms. The maximum Gasteiger partial charge on any atom is 0.411 e. The normalized spacial score (nSPS) is 11.8. The molecule has 0 amide bonds. The molecule has 0 atom stereocenters. The Kier molecular flexibility index (Phi) is 6.27. The lowest BCUT2D eigenvalue weighted by molar-refractivity contribution is -0.174. The van der Waals surface area contributed by atoms with E-state index in [9.17, 15) is 18.0 Å². The molecule has 0 radical (unpaired) electrons. The van der Waals surface area contributed by atoms with E-state index in [1.807, 2.05) is 6.92 Å². The largest absolute Gasteiger partial charge is 0.481 e. The molecule has 0 unspecified atom stereocenters. The van der Waals surface area contributed by atoms with Gasteiger partial charge in [-0.25, -0.2) is 0 Å². The van der Waals surface area contributed by atoms with Gasteiger partial charge in [-0.1, -0.05) is 18.7 Å². The fourth-order valence-corrected chi connectivity index (χ4v) is 2.09. The first kappa shape index (κ1) is 16.8. The van der Waals surface area contributed by atoms with Gasteiger partial charge in [-0.2, -0.15) is 13.2 Å². The number of aliphatic carboxylic acids is 1. The molecule has 114 valence electrons. The Bertz CT molecular complexity index is 451. The van der Waals surface area contributed by atoms with Crippen LogP contribution in [0.25, 0.3) is 0 Å². The van der Waals surface area contributed by atoms with Crippen molar-refractivity contribution >= 4 is 17.7 Å². The summed E-state index contributed by atoms with van der Waals surface area (Å²) in [5, 5.41) is 16.6. The first-order valence-electron chi connectivity index (χ1n) is 5.74. The monoisotopic (exact) mass is 313 g/mol. The van der Waals surface area contributed by atoms with Gasteiger partial charge in [-0.05, 0) is 0 Å². The summed E-state index contributed by atoms with van der Waals surface area (Å²) in [6.07, 6.45) is -3.82. The number of hydrogen-bond donors (Lipinski definition) is 1. The molecule has 1 rings (SSSR count). The van der Waals surface area contributed by atoms with E-state index in [1.54, 1.807) is 4.57 Å².